The Labute approximate surface area is 145 Å². The SMILES string of the molecule is Cc1c(CNC(=O)NCC2(O)CCC(C(C)(C)C)CC2)cnn1C. The van der Waals surface area contributed by atoms with Crippen LogP contribution in [0.2, 0.25) is 0 Å². The number of aliphatic hydroxyl groups is 1. The van der Waals surface area contributed by atoms with Gasteiger partial charge in [-0.3, -0.25) is 4.68 Å². The first-order chi connectivity index (χ1) is 11.1. The molecule has 0 spiro atoms. The topological polar surface area (TPSA) is 79.2 Å². The first-order valence-corrected chi connectivity index (χ1v) is 8.82. The Hall–Kier alpha value is -1.56. The highest BCUT2D eigenvalue weighted by Gasteiger charge is 2.37. The van der Waals surface area contributed by atoms with E-state index in [1.165, 1.54) is 0 Å². The average Bonchev–Trinajstić information content (AvgIpc) is 2.82. The molecule has 2 amide bonds. The zero-order chi connectivity index (χ0) is 18.0. The summed E-state index contributed by atoms with van der Waals surface area (Å²) in [5.74, 6) is 0.639. The Bertz CT molecular complexity index is 566. The molecule has 1 saturated carbocycles. The molecule has 6 heteroatoms. The zero-order valence-electron chi connectivity index (χ0n) is 15.6. The molecule has 0 atom stereocenters. The van der Waals surface area contributed by atoms with Crippen LogP contribution in [-0.4, -0.2) is 33.1 Å². The lowest BCUT2D eigenvalue weighted by Crippen LogP contribution is -2.48. The molecule has 3 N–H and O–H groups in total. The van der Waals surface area contributed by atoms with Crippen molar-refractivity contribution < 1.29 is 9.90 Å². The summed E-state index contributed by atoms with van der Waals surface area (Å²) < 4.78 is 1.78. The van der Waals surface area contributed by atoms with Gasteiger partial charge in [-0.05, 0) is 43.9 Å². The minimum atomic E-state index is -0.774. The Kier molecular flexibility index (Phi) is 5.58. The number of rotatable bonds is 4. The van der Waals surface area contributed by atoms with Gasteiger partial charge in [-0.1, -0.05) is 20.8 Å². The molecule has 1 aromatic rings. The van der Waals surface area contributed by atoms with Gasteiger partial charge in [-0.25, -0.2) is 4.79 Å². The third kappa shape index (κ3) is 4.72. The van der Waals surface area contributed by atoms with Gasteiger partial charge in [0.2, 0.25) is 0 Å². The second-order valence-electron chi connectivity index (χ2n) is 8.28. The summed E-state index contributed by atoms with van der Waals surface area (Å²) in [6.45, 7) is 9.49. The Morgan fingerprint density at radius 1 is 1.38 bits per heavy atom. The van der Waals surface area contributed by atoms with Crippen LogP contribution in [0.3, 0.4) is 0 Å². The quantitative estimate of drug-likeness (QED) is 0.790. The predicted octanol–water partition coefficient (Wildman–Crippen LogP) is 2.50. The summed E-state index contributed by atoms with van der Waals surface area (Å²) in [7, 11) is 1.88. The summed E-state index contributed by atoms with van der Waals surface area (Å²) in [5.41, 5.74) is 1.54. The van der Waals surface area contributed by atoms with Crippen LogP contribution in [0.4, 0.5) is 4.79 Å². The van der Waals surface area contributed by atoms with Crippen LogP contribution in [0, 0.1) is 18.3 Å². The lowest BCUT2D eigenvalue weighted by Gasteiger charge is -2.41. The maximum absolute atomic E-state index is 12.0. The van der Waals surface area contributed by atoms with E-state index in [2.05, 4.69) is 36.5 Å². The molecule has 2 rings (SSSR count). The second kappa shape index (κ2) is 7.13. The van der Waals surface area contributed by atoms with E-state index in [0.717, 1.165) is 36.9 Å². The van der Waals surface area contributed by atoms with Gasteiger partial charge >= 0.3 is 6.03 Å². The molecule has 1 aliphatic rings. The van der Waals surface area contributed by atoms with E-state index in [9.17, 15) is 9.90 Å². The van der Waals surface area contributed by atoms with Crippen LogP contribution < -0.4 is 10.6 Å². The first-order valence-electron chi connectivity index (χ1n) is 8.82. The van der Waals surface area contributed by atoms with Crippen molar-refractivity contribution in [2.24, 2.45) is 18.4 Å². The molecule has 1 aliphatic carbocycles. The Morgan fingerprint density at radius 2 is 2.00 bits per heavy atom. The van der Waals surface area contributed by atoms with Gasteiger partial charge in [0.15, 0.2) is 0 Å². The molecule has 0 bridgehead atoms. The summed E-state index contributed by atoms with van der Waals surface area (Å²) in [5, 5.41) is 20.5. The molecule has 6 nitrogen and oxygen atoms in total. The highest BCUT2D eigenvalue weighted by Crippen LogP contribution is 2.41. The first kappa shape index (κ1) is 18.8. The lowest BCUT2D eigenvalue weighted by atomic mass is 9.68. The number of amides is 2. The van der Waals surface area contributed by atoms with Crippen LogP contribution in [0.5, 0.6) is 0 Å². The van der Waals surface area contributed by atoms with Crippen molar-refractivity contribution >= 4 is 6.03 Å². The van der Waals surface area contributed by atoms with E-state index in [1.54, 1.807) is 10.9 Å². The molecule has 136 valence electrons. The van der Waals surface area contributed by atoms with Crippen molar-refractivity contribution in [2.75, 3.05) is 6.54 Å². The van der Waals surface area contributed by atoms with E-state index in [1.807, 2.05) is 14.0 Å². The van der Waals surface area contributed by atoms with Gasteiger partial charge in [0.05, 0.1) is 11.8 Å². The van der Waals surface area contributed by atoms with Crippen molar-refractivity contribution in [1.82, 2.24) is 20.4 Å². The van der Waals surface area contributed by atoms with Crippen molar-refractivity contribution in [3.63, 3.8) is 0 Å². The third-order valence-electron chi connectivity index (χ3n) is 5.50. The van der Waals surface area contributed by atoms with Crippen molar-refractivity contribution in [3.05, 3.63) is 17.5 Å². The summed E-state index contributed by atoms with van der Waals surface area (Å²) in [6, 6.07) is -0.246. The maximum atomic E-state index is 12.0. The molecular formula is C18H32N4O2. The molecule has 1 aromatic heterocycles. The van der Waals surface area contributed by atoms with Crippen LogP contribution in [-0.2, 0) is 13.6 Å². The van der Waals surface area contributed by atoms with Gasteiger partial charge in [-0.15, -0.1) is 0 Å². The van der Waals surface area contributed by atoms with Gasteiger partial charge in [0.25, 0.3) is 0 Å². The second-order valence-corrected chi connectivity index (χ2v) is 8.28. The number of carbonyl (C=O) groups excluding carboxylic acids is 1. The molecule has 1 heterocycles. The predicted molar refractivity (Wildman–Crippen MR) is 94.5 cm³/mol. The number of hydrogen-bond donors (Lipinski definition) is 3. The fourth-order valence-corrected chi connectivity index (χ4v) is 3.40. The summed E-state index contributed by atoms with van der Waals surface area (Å²) >= 11 is 0. The van der Waals surface area contributed by atoms with E-state index in [-0.39, 0.29) is 11.4 Å². The van der Waals surface area contributed by atoms with Crippen LogP contribution in [0.25, 0.3) is 0 Å². The van der Waals surface area contributed by atoms with Gasteiger partial charge in [-0.2, -0.15) is 5.10 Å². The Balaban J connectivity index is 1.74. The van der Waals surface area contributed by atoms with E-state index in [4.69, 9.17) is 0 Å². The Morgan fingerprint density at radius 3 is 2.50 bits per heavy atom. The van der Waals surface area contributed by atoms with Gasteiger partial charge < -0.3 is 15.7 Å². The molecule has 24 heavy (non-hydrogen) atoms. The zero-order valence-corrected chi connectivity index (χ0v) is 15.6. The van der Waals surface area contributed by atoms with Crippen LogP contribution >= 0.6 is 0 Å². The molecule has 0 aromatic carbocycles. The molecule has 0 saturated heterocycles. The van der Waals surface area contributed by atoms with Crippen molar-refractivity contribution in [3.8, 4) is 0 Å². The maximum Gasteiger partial charge on any atom is 0.315 e. The largest absolute Gasteiger partial charge is 0.388 e. The molecule has 0 unspecified atom stereocenters. The van der Waals surface area contributed by atoms with Crippen molar-refractivity contribution in [2.45, 2.75) is 65.5 Å². The van der Waals surface area contributed by atoms with Gasteiger partial charge in [0.1, 0.15) is 0 Å². The number of hydrogen-bond acceptors (Lipinski definition) is 3. The number of nitrogens with one attached hydrogen (secondary N) is 2. The highest BCUT2D eigenvalue weighted by atomic mass is 16.3. The van der Waals surface area contributed by atoms with Crippen LogP contribution in [0.15, 0.2) is 6.20 Å². The fourth-order valence-electron chi connectivity index (χ4n) is 3.40. The van der Waals surface area contributed by atoms with Crippen LogP contribution in [0.1, 0.15) is 57.7 Å². The van der Waals surface area contributed by atoms with Gasteiger partial charge in [0, 0.05) is 31.4 Å². The summed E-state index contributed by atoms with van der Waals surface area (Å²) in [6.07, 6.45) is 5.28. The smallest absolute Gasteiger partial charge is 0.315 e. The minimum absolute atomic E-state index is 0.246. The third-order valence-corrected chi connectivity index (χ3v) is 5.50. The monoisotopic (exact) mass is 336 g/mol. The average molecular weight is 336 g/mol. The number of nitrogens with zero attached hydrogens (tertiary/aromatic N) is 2. The molecule has 1 fully saturated rings. The molecular weight excluding hydrogens is 304 g/mol. The number of aromatic nitrogens is 2. The highest BCUT2D eigenvalue weighted by molar-refractivity contribution is 5.73. The fraction of sp³-hybridized carbons (Fsp3) is 0.778. The number of aryl methyl sites for hydroxylation is 1. The van der Waals surface area contributed by atoms with E-state index < -0.39 is 5.60 Å². The van der Waals surface area contributed by atoms with E-state index in [0.29, 0.717) is 19.0 Å². The standard InChI is InChI=1S/C18H32N4O2/c1-13-14(11-21-22(13)5)10-19-16(23)20-12-18(24)8-6-15(7-9-18)17(2,3)4/h11,15,24H,6-10,12H2,1-5H3,(H2,19,20,23). The lowest BCUT2D eigenvalue weighted by molar-refractivity contribution is -0.0218. The molecule has 0 aliphatic heterocycles. The van der Waals surface area contributed by atoms with E-state index >= 15 is 0 Å². The normalized spacial score (nSPS) is 24.7. The number of urea groups is 1. The number of carbonyl (C=O) groups is 1. The summed E-state index contributed by atoms with van der Waals surface area (Å²) in [4.78, 5) is 12.0. The molecule has 0 radical (unpaired) electrons. The van der Waals surface area contributed by atoms with Crippen molar-refractivity contribution in [1.29, 1.82) is 0 Å². The minimum Gasteiger partial charge on any atom is -0.388 e.